The summed E-state index contributed by atoms with van der Waals surface area (Å²) in [7, 11) is 0. The molecule has 1 saturated carbocycles. The summed E-state index contributed by atoms with van der Waals surface area (Å²) in [4.78, 5) is 17.7. The molecule has 1 atom stereocenters. The molecule has 0 aromatic heterocycles. The van der Waals surface area contributed by atoms with Crippen molar-refractivity contribution in [2.45, 2.75) is 57.5 Å². The Morgan fingerprint density at radius 1 is 0.938 bits per heavy atom. The van der Waals surface area contributed by atoms with Crippen molar-refractivity contribution in [1.82, 2.24) is 5.06 Å². The SMILES string of the molecule is O=CN(OCc1ccccc1)[C@@H](Cc1ccc(OCC2CCCCC2)cc1)C1OCCO1. The first-order valence-electron chi connectivity index (χ1n) is 11.7. The average Bonchev–Trinajstić information content (AvgIpc) is 3.39. The van der Waals surface area contributed by atoms with Gasteiger partial charge in [0.25, 0.3) is 0 Å². The Hall–Kier alpha value is -2.41. The monoisotopic (exact) mass is 439 g/mol. The second kappa shape index (κ2) is 12.0. The Balaban J connectivity index is 1.36. The number of rotatable bonds is 11. The van der Waals surface area contributed by atoms with Gasteiger partial charge in [0.05, 0.1) is 19.8 Å². The first kappa shape index (κ1) is 22.8. The third-order valence-electron chi connectivity index (χ3n) is 6.19. The quantitative estimate of drug-likeness (QED) is 0.381. The molecule has 4 rings (SSSR count). The standard InChI is InChI=1S/C26H33NO5/c28-20-27(32-19-23-9-5-2-6-10-23)25(26-29-15-16-30-26)17-21-11-13-24(14-12-21)31-18-22-7-3-1-4-8-22/h2,5-6,9-14,20,22,25-26H,1,3-4,7-8,15-19H2/t25-/m0/s1. The zero-order valence-corrected chi connectivity index (χ0v) is 18.6. The van der Waals surface area contributed by atoms with E-state index in [1.54, 1.807) is 0 Å². The lowest BCUT2D eigenvalue weighted by Crippen LogP contribution is -2.45. The highest BCUT2D eigenvalue weighted by molar-refractivity contribution is 5.46. The molecule has 0 bridgehead atoms. The Labute approximate surface area is 190 Å². The van der Waals surface area contributed by atoms with E-state index >= 15 is 0 Å². The molecule has 32 heavy (non-hydrogen) atoms. The zero-order chi connectivity index (χ0) is 22.0. The summed E-state index contributed by atoms with van der Waals surface area (Å²) in [6.45, 7) is 2.12. The highest BCUT2D eigenvalue weighted by atomic mass is 16.7. The van der Waals surface area contributed by atoms with E-state index in [0.717, 1.165) is 23.5 Å². The lowest BCUT2D eigenvalue weighted by atomic mass is 9.90. The predicted octanol–water partition coefficient (Wildman–Crippen LogP) is 4.52. The van der Waals surface area contributed by atoms with Gasteiger partial charge < -0.3 is 14.2 Å². The molecule has 1 saturated heterocycles. The minimum absolute atomic E-state index is 0.302. The van der Waals surface area contributed by atoms with Gasteiger partial charge in [-0.15, -0.1) is 0 Å². The number of benzene rings is 2. The van der Waals surface area contributed by atoms with E-state index in [9.17, 15) is 4.79 Å². The van der Waals surface area contributed by atoms with Gasteiger partial charge in [0.2, 0.25) is 6.41 Å². The maximum absolute atomic E-state index is 11.9. The molecule has 0 radical (unpaired) electrons. The second-order valence-electron chi connectivity index (χ2n) is 8.56. The molecule has 6 nitrogen and oxygen atoms in total. The van der Waals surface area contributed by atoms with Crippen LogP contribution in [-0.2, 0) is 32.1 Å². The highest BCUT2D eigenvalue weighted by Crippen LogP contribution is 2.25. The lowest BCUT2D eigenvalue weighted by molar-refractivity contribution is -0.226. The smallest absolute Gasteiger partial charge is 0.233 e. The van der Waals surface area contributed by atoms with Crippen molar-refractivity contribution < 1.29 is 23.8 Å². The number of hydrogen-bond donors (Lipinski definition) is 0. The van der Waals surface area contributed by atoms with Crippen LogP contribution in [0, 0.1) is 5.92 Å². The van der Waals surface area contributed by atoms with Crippen LogP contribution in [-0.4, -0.2) is 43.6 Å². The van der Waals surface area contributed by atoms with Crippen LogP contribution in [0.15, 0.2) is 54.6 Å². The van der Waals surface area contributed by atoms with Crippen LogP contribution in [0.25, 0.3) is 0 Å². The van der Waals surface area contributed by atoms with Crippen molar-refractivity contribution in [1.29, 1.82) is 0 Å². The van der Waals surface area contributed by atoms with E-state index in [2.05, 4.69) is 0 Å². The molecule has 0 spiro atoms. The zero-order valence-electron chi connectivity index (χ0n) is 18.6. The van der Waals surface area contributed by atoms with Crippen molar-refractivity contribution in [3.05, 3.63) is 65.7 Å². The van der Waals surface area contributed by atoms with Gasteiger partial charge in [-0.25, -0.2) is 5.06 Å². The van der Waals surface area contributed by atoms with Gasteiger partial charge in [0.1, 0.15) is 18.4 Å². The van der Waals surface area contributed by atoms with Crippen molar-refractivity contribution >= 4 is 6.41 Å². The van der Waals surface area contributed by atoms with E-state index in [4.69, 9.17) is 19.0 Å². The summed E-state index contributed by atoms with van der Waals surface area (Å²) < 4.78 is 17.5. The largest absolute Gasteiger partial charge is 0.493 e. The highest BCUT2D eigenvalue weighted by Gasteiger charge is 2.33. The maximum atomic E-state index is 11.9. The molecule has 1 aliphatic heterocycles. The topological polar surface area (TPSA) is 57.2 Å². The minimum Gasteiger partial charge on any atom is -0.493 e. The summed E-state index contributed by atoms with van der Waals surface area (Å²) in [6.07, 6.45) is 7.28. The number of hydrogen-bond acceptors (Lipinski definition) is 5. The minimum atomic E-state index is -0.516. The Morgan fingerprint density at radius 2 is 1.66 bits per heavy atom. The van der Waals surface area contributed by atoms with Crippen LogP contribution in [0.3, 0.4) is 0 Å². The Morgan fingerprint density at radius 3 is 2.34 bits per heavy atom. The lowest BCUT2D eigenvalue weighted by Gasteiger charge is -2.30. The molecule has 0 unspecified atom stereocenters. The Kier molecular flexibility index (Phi) is 8.54. The molecule has 1 aliphatic carbocycles. The fraction of sp³-hybridized carbons (Fsp3) is 0.500. The summed E-state index contributed by atoms with van der Waals surface area (Å²) in [5, 5.41) is 1.33. The van der Waals surface area contributed by atoms with Gasteiger partial charge in [0, 0.05) is 6.42 Å². The van der Waals surface area contributed by atoms with Crippen LogP contribution in [0.1, 0.15) is 43.2 Å². The molecule has 6 heteroatoms. The maximum Gasteiger partial charge on any atom is 0.233 e. The first-order chi connectivity index (χ1) is 15.8. The van der Waals surface area contributed by atoms with Crippen LogP contribution in [0.4, 0.5) is 0 Å². The van der Waals surface area contributed by atoms with E-state index in [0.29, 0.717) is 38.6 Å². The molecule has 1 amide bonds. The van der Waals surface area contributed by atoms with Gasteiger partial charge >= 0.3 is 0 Å². The summed E-state index contributed by atoms with van der Waals surface area (Å²) in [5.41, 5.74) is 2.06. The molecule has 2 aliphatic rings. The third-order valence-corrected chi connectivity index (χ3v) is 6.19. The van der Waals surface area contributed by atoms with Gasteiger partial charge in [-0.3, -0.25) is 9.63 Å². The third kappa shape index (κ3) is 6.55. The van der Waals surface area contributed by atoms with Crippen LogP contribution in [0.5, 0.6) is 5.75 Å². The van der Waals surface area contributed by atoms with Gasteiger partial charge in [-0.05, 0) is 42.0 Å². The summed E-state index contributed by atoms with van der Waals surface area (Å²) in [5.74, 6) is 1.56. The molecule has 2 fully saturated rings. The number of hydroxylamine groups is 2. The predicted molar refractivity (Wildman–Crippen MR) is 121 cm³/mol. The van der Waals surface area contributed by atoms with E-state index < -0.39 is 6.29 Å². The normalized spacial score (nSPS) is 18.4. The van der Waals surface area contributed by atoms with E-state index in [1.807, 2.05) is 54.6 Å². The summed E-state index contributed by atoms with van der Waals surface area (Å²) in [6, 6.07) is 17.5. The molecular weight excluding hydrogens is 406 g/mol. The van der Waals surface area contributed by atoms with Crippen molar-refractivity contribution in [3.8, 4) is 5.75 Å². The molecule has 1 heterocycles. The van der Waals surface area contributed by atoms with Gasteiger partial charge in [-0.2, -0.15) is 0 Å². The number of carbonyl (C=O) groups is 1. The number of nitrogens with zero attached hydrogens (tertiary/aromatic N) is 1. The van der Waals surface area contributed by atoms with Crippen LogP contribution in [0.2, 0.25) is 0 Å². The number of carbonyl (C=O) groups excluding carboxylic acids is 1. The molecule has 2 aromatic rings. The number of amides is 1. The molecular formula is C26H33NO5. The molecule has 0 N–H and O–H groups in total. The van der Waals surface area contributed by atoms with Crippen molar-refractivity contribution in [2.75, 3.05) is 19.8 Å². The fourth-order valence-electron chi connectivity index (χ4n) is 4.36. The van der Waals surface area contributed by atoms with Gasteiger partial charge in [0.15, 0.2) is 6.29 Å². The molecule has 172 valence electrons. The number of ether oxygens (including phenoxy) is 3. The van der Waals surface area contributed by atoms with Crippen molar-refractivity contribution in [2.24, 2.45) is 5.92 Å². The van der Waals surface area contributed by atoms with Crippen LogP contribution >= 0.6 is 0 Å². The fourth-order valence-corrected chi connectivity index (χ4v) is 4.36. The van der Waals surface area contributed by atoms with E-state index in [-0.39, 0.29) is 6.04 Å². The van der Waals surface area contributed by atoms with Crippen molar-refractivity contribution in [3.63, 3.8) is 0 Å². The summed E-state index contributed by atoms with van der Waals surface area (Å²) >= 11 is 0. The first-order valence-corrected chi connectivity index (χ1v) is 11.7. The van der Waals surface area contributed by atoms with Gasteiger partial charge in [-0.1, -0.05) is 61.7 Å². The Bertz CT molecular complexity index is 801. The van der Waals surface area contributed by atoms with Crippen LogP contribution < -0.4 is 4.74 Å². The second-order valence-corrected chi connectivity index (χ2v) is 8.56. The molecule has 2 aromatic carbocycles. The average molecular weight is 440 g/mol. The van der Waals surface area contributed by atoms with E-state index in [1.165, 1.54) is 37.2 Å².